The number of rotatable bonds is 4. The van der Waals surface area contributed by atoms with Gasteiger partial charge < -0.3 is 5.32 Å². The molecule has 0 saturated heterocycles. The molecule has 1 aromatic rings. The van der Waals surface area contributed by atoms with Gasteiger partial charge in [-0.05, 0) is 13.3 Å². The van der Waals surface area contributed by atoms with Gasteiger partial charge in [0, 0.05) is 29.6 Å². The molecule has 4 heteroatoms. The molecular weight excluding hydrogens is 218 g/mol. The SMILES string of the molecule is CCC(C)SCc1nc(C)c2c(n1)CNC2. The van der Waals surface area contributed by atoms with Crippen molar-refractivity contribution in [3.05, 3.63) is 22.8 Å². The molecule has 3 nitrogen and oxygen atoms in total. The van der Waals surface area contributed by atoms with Crippen LogP contribution in [0.15, 0.2) is 0 Å². The first-order chi connectivity index (χ1) is 7.70. The molecule has 1 aliphatic rings. The van der Waals surface area contributed by atoms with Crippen molar-refractivity contribution < 1.29 is 0 Å². The summed E-state index contributed by atoms with van der Waals surface area (Å²) < 4.78 is 0. The zero-order valence-electron chi connectivity index (χ0n) is 10.2. The second-order valence-corrected chi connectivity index (χ2v) is 5.71. The average Bonchev–Trinajstić information content (AvgIpc) is 2.74. The van der Waals surface area contributed by atoms with E-state index in [-0.39, 0.29) is 0 Å². The fraction of sp³-hybridized carbons (Fsp3) is 0.667. The Hall–Kier alpha value is -0.610. The summed E-state index contributed by atoms with van der Waals surface area (Å²) >= 11 is 1.94. The molecule has 0 amide bonds. The van der Waals surface area contributed by atoms with E-state index < -0.39 is 0 Å². The average molecular weight is 237 g/mol. The van der Waals surface area contributed by atoms with E-state index in [2.05, 4.69) is 36.1 Å². The maximum Gasteiger partial charge on any atom is 0.138 e. The minimum absolute atomic E-state index is 0.690. The molecular formula is C12H19N3S. The lowest BCUT2D eigenvalue weighted by atomic mass is 10.2. The van der Waals surface area contributed by atoms with Gasteiger partial charge in [0.15, 0.2) is 0 Å². The molecule has 16 heavy (non-hydrogen) atoms. The van der Waals surface area contributed by atoms with Crippen LogP contribution in [0, 0.1) is 6.92 Å². The predicted octanol–water partition coefficient (Wildman–Crippen LogP) is 2.42. The van der Waals surface area contributed by atoms with Crippen LogP contribution in [0.25, 0.3) is 0 Å². The van der Waals surface area contributed by atoms with E-state index in [0.29, 0.717) is 5.25 Å². The maximum atomic E-state index is 4.63. The van der Waals surface area contributed by atoms with E-state index in [4.69, 9.17) is 0 Å². The molecule has 88 valence electrons. The highest BCUT2D eigenvalue weighted by molar-refractivity contribution is 7.99. The summed E-state index contributed by atoms with van der Waals surface area (Å²) in [6, 6.07) is 0. The van der Waals surface area contributed by atoms with Crippen LogP contribution in [-0.2, 0) is 18.8 Å². The Labute approximate surface area is 101 Å². The van der Waals surface area contributed by atoms with Crippen LogP contribution in [-0.4, -0.2) is 15.2 Å². The quantitative estimate of drug-likeness (QED) is 0.872. The van der Waals surface area contributed by atoms with Gasteiger partial charge >= 0.3 is 0 Å². The van der Waals surface area contributed by atoms with Crippen LogP contribution in [0.5, 0.6) is 0 Å². The summed E-state index contributed by atoms with van der Waals surface area (Å²) in [5.41, 5.74) is 3.65. The lowest BCUT2D eigenvalue weighted by Gasteiger charge is -2.09. The molecule has 1 aliphatic heterocycles. The van der Waals surface area contributed by atoms with Crippen LogP contribution in [0.3, 0.4) is 0 Å². The number of hydrogen-bond donors (Lipinski definition) is 1. The summed E-state index contributed by atoms with van der Waals surface area (Å²) in [7, 11) is 0. The molecule has 1 unspecified atom stereocenters. The van der Waals surface area contributed by atoms with Crippen molar-refractivity contribution in [2.24, 2.45) is 0 Å². The van der Waals surface area contributed by atoms with Crippen molar-refractivity contribution in [2.45, 2.75) is 51.3 Å². The van der Waals surface area contributed by atoms with Gasteiger partial charge in [0.25, 0.3) is 0 Å². The van der Waals surface area contributed by atoms with Gasteiger partial charge in [-0.1, -0.05) is 13.8 Å². The standard InChI is InChI=1S/C12H19N3S/c1-4-8(2)16-7-12-14-9(3)10-5-13-6-11(10)15-12/h8,13H,4-7H2,1-3H3. The number of aromatic nitrogens is 2. The Morgan fingerprint density at radius 1 is 1.38 bits per heavy atom. The highest BCUT2D eigenvalue weighted by Gasteiger charge is 2.16. The first kappa shape index (κ1) is 11.9. The van der Waals surface area contributed by atoms with Crippen molar-refractivity contribution >= 4 is 11.8 Å². The molecule has 0 fully saturated rings. The fourth-order valence-electron chi connectivity index (χ4n) is 1.80. The summed E-state index contributed by atoms with van der Waals surface area (Å²) in [6.45, 7) is 8.40. The molecule has 2 rings (SSSR count). The first-order valence-corrected chi connectivity index (χ1v) is 6.93. The minimum atomic E-state index is 0.690. The van der Waals surface area contributed by atoms with E-state index in [1.165, 1.54) is 17.7 Å². The van der Waals surface area contributed by atoms with Crippen molar-refractivity contribution in [3.8, 4) is 0 Å². The van der Waals surface area contributed by atoms with Gasteiger partial charge in [0.1, 0.15) is 5.82 Å². The molecule has 0 saturated carbocycles. The van der Waals surface area contributed by atoms with E-state index >= 15 is 0 Å². The van der Waals surface area contributed by atoms with E-state index in [0.717, 1.165) is 30.4 Å². The van der Waals surface area contributed by atoms with Crippen LogP contribution in [0.4, 0.5) is 0 Å². The maximum absolute atomic E-state index is 4.63. The topological polar surface area (TPSA) is 37.8 Å². The largest absolute Gasteiger partial charge is 0.307 e. The lowest BCUT2D eigenvalue weighted by molar-refractivity contribution is 0.756. The molecule has 0 bridgehead atoms. The summed E-state index contributed by atoms with van der Waals surface area (Å²) in [4.78, 5) is 9.21. The Balaban J connectivity index is 2.08. The second-order valence-electron chi connectivity index (χ2n) is 4.28. The van der Waals surface area contributed by atoms with Gasteiger partial charge in [-0.25, -0.2) is 9.97 Å². The van der Waals surface area contributed by atoms with E-state index in [9.17, 15) is 0 Å². The van der Waals surface area contributed by atoms with Gasteiger partial charge in [0.2, 0.25) is 0 Å². The van der Waals surface area contributed by atoms with Crippen LogP contribution < -0.4 is 5.32 Å². The summed E-state index contributed by atoms with van der Waals surface area (Å²) in [5.74, 6) is 1.92. The number of nitrogens with zero attached hydrogens (tertiary/aromatic N) is 2. The van der Waals surface area contributed by atoms with Gasteiger partial charge in [-0.3, -0.25) is 0 Å². The van der Waals surface area contributed by atoms with Crippen molar-refractivity contribution in [1.82, 2.24) is 15.3 Å². The molecule has 0 spiro atoms. The van der Waals surface area contributed by atoms with E-state index in [1.54, 1.807) is 0 Å². The molecule has 1 N–H and O–H groups in total. The lowest BCUT2D eigenvalue weighted by Crippen LogP contribution is -2.04. The third-order valence-corrected chi connectivity index (χ3v) is 4.34. The van der Waals surface area contributed by atoms with Crippen molar-refractivity contribution in [3.63, 3.8) is 0 Å². The molecule has 2 heterocycles. The zero-order chi connectivity index (χ0) is 11.5. The van der Waals surface area contributed by atoms with Crippen LogP contribution in [0.2, 0.25) is 0 Å². The van der Waals surface area contributed by atoms with Gasteiger partial charge in [-0.15, -0.1) is 0 Å². The number of thioether (sulfide) groups is 1. The smallest absolute Gasteiger partial charge is 0.138 e. The number of fused-ring (bicyclic) bond motifs is 1. The van der Waals surface area contributed by atoms with Gasteiger partial charge in [0.05, 0.1) is 11.4 Å². The Morgan fingerprint density at radius 3 is 2.94 bits per heavy atom. The summed E-state index contributed by atoms with van der Waals surface area (Å²) in [5, 5.41) is 4.01. The third kappa shape index (κ3) is 2.55. The van der Waals surface area contributed by atoms with Crippen LogP contribution in [0.1, 0.15) is 43.0 Å². The molecule has 1 atom stereocenters. The monoisotopic (exact) mass is 237 g/mol. The molecule has 0 aromatic carbocycles. The molecule has 0 aliphatic carbocycles. The predicted molar refractivity (Wildman–Crippen MR) is 68.4 cm³/mol. The summed E-state index contributed by atoms with van der Waals surface area (Å²) in [6.07, 6.45) is 1.20. The van der Waals surface area contributed by atoms with Crippen molar-refractivity contribution in [2.75, 3.05) is 0 Å². The zero-order valence-corrected chi connectivity index (χ0v) is 11.0. The van der Waals surface area contributed by atoms with Gasteiger partial charge in [-0.2, -0.15) is 11.8 Å². The highest BCUT2D eigenvalue weighted by Crippen LogP contribution is 2.21. The van der Waals surface area contributed by atoms with Crippen molar-refractivity contribution in [1.29, 1.82) is 0 Å². The minimum Gasteiger partial charge on any atom is -0.307 e. The highest BCUT2D eigenvalue weighted by atomic mass is 32.2. The Morgan fingerprint density at radius 2 is 2.19 bits per heavy atom. The van der Waals surface area contributed by atoms with Crippen LogP contribution >= 0.6 is 11.8 Å². The fourth-order valence-corrected chi connectivity index (χ4v) is 2.60. The number of hydrogen-bond acceptors (Lipinski definition) is 4. The molecule has 0 radical (unpaired) electrons. The Bertz CT molecular complexity index is 379. The van der Waals surface area contributed by atoms with E-state index in [1.807, 2.05) is 11.8 Å². The first-order valence-electron chi connectivity index (χ1n) is 5.88. The normalized spacial score (nSPS) is 16.2. The number of aryl methyl sites for hydroxylation is 1. The molecule has 1 aromatic heterocycles. The Kier molecular flexibility index (Phi) is 3.82. The second kappa shape index (κ2) is 5.15. The third-order valence-electron chi connectivity index (χ3n) is 3.01. The number of nitrogens with one attached hydrogen (secondary N) is 1.